The van der Waals surface area contributed by atoms with Crippen LogP contribution >= 0.6 is 24.8 Å². The van der Waals surface area contributed by atoms with Crippen LogP contribution in [0.5, 0.6) is 0 Å². The van der Waals surface area contributed by atoms with E-state index in [9.17, 15) is 4.79 Å². The molecule has 6 heteroatoms. The average molecular weight is 386 g/mol. The zero-order valence-electron chi connectivity index (χ0n) is 14.7. The van der Waals surface area contributed by atoms with Gasteiger partial charge in [0.2, 0.25) is 0 Å². The molecule has 2 fully saturated rings. The highest BCUT2D eigenvalue weighted by Crippen LogP contribution is 2.28. The third-order valence-corrected chi connectivity index (χ3v) is 5.77. The van der Waals surface area contributed by atoms with Crippen molar-refractivity contribution in [2.75, 3.05) is 38.0 Å². The van der Waals surface area contributed by atoms with Crippen molar-refractivity contribution >= 4 is 36.4 Å². The normalized spacial score (nSPS) is 20.9. The Bertz CT molecular complexity index is 582. The second-order valence-corrected chi connectivity index (χ2v) is 7.13. The molecule has 0 spiro atoms. The molecule has 0 aromatic heterocycles. The standard InChI is InChI=1S/C19H27N3O.2ClH/c23-19(17-7-3-9-18-16(17)8-4-10-20-18)22-13-11-21(12-14-22)15-5-1-2-6-15;;/h3,7,9,15,20H,1-2,4-6,8,10-14H2;2*1H. The van der Waals surface area contributed by atoms with Gasteiger partial charge in [-0.15, -0.1) is 24.8 Å². The largest absolute Gasteiger partial charge is 0.385 e. The second kappa shape index (κ2) is 9.11. The minimum atomic E-state index is 0. The van der Waals surface area contributed by atoms with Gasteiger partial charge in [-0.05, 0) is 43.4 Å². The Kier molecular flexibility index (Phi) is 7.41. The predicted molar refractivity (Wildman–Crippen MR) is 107 cm³/mol. The molecule has 4 rings (SSSR count). The van der Waals surface area contributed by atoms with Crippen molar-refractivity contribution in [2.45, 2.75) is 44.6 Å². The molecule has 2 heterocycles. The van der Waals surface area contributed by atoms with E-state index in [1.807, 2.05) is 12.1 Å². The zero-order chi connectivity index (χ0) is 15.6. The summed E-state index contributed by atoms with van der Waals surface area (Å²) in [6, 6.07) is 6.90. The fraction of sp³-hybridized carbons (Fsp3) is 0.632. The molecule has 1 aromatic carbocycles. The van der Waals surface area contributed by atoms with Crippen LogP contribution in [-0.2, 0) is 6.42 Å². The van der Waals surface area contributed by atoms with E-state index < -0.39 is 0 Å². The first-order valence-corrected chi connectivity index (χ1v) is 9.22. The van der Waals surface area contributed by atoms with Crippen LogP contribution in [0.2, 0.25) is 0 Å². The third kappa shape index (κ3) is 4.24. The van der Waals surface area contributed by atoms with Gasteiger partial charge < -0.3 is 10.2 Å². The molecule has 1 aromatic rings. The van der Waals surface area contributed by atoms with Crippen LogP contribution in [-0.4, -0.2) is 54.5 Å². The van der Waals surface area contributed by atoms with Crippen molar-refractivity contribution in [3.8, 4) is 0 Å². The summed E-state index contributed by atoms with van der Waals surface area (Å²) in [5.74, 6) is 0.233. The quantitative estimate of drug-likeness (QED) is 0.844. The van der Waals surface area contributed by atoms with Crippen molar-refractivity contribution in [1.82, 2.24) is 9.80 Å². The smallest absolute Gasteiger partial charge is 0.254 e. The number of nitrogens with one attached hydrogen (secondary N) is 1. The van der Waals surface area contributed by atoms with Crippen molar-refractivity contribution in [2.24, 2.45) is 0 Å². The topological polar surface area (TPSA) is 35.6 Å². The van der Waals surface area contributed by atoms with Gasteiger partial charge in [-0.2, -0.15) is 0 Å². The average Bonchev–Trinajstić information content (AvgIpc) is 3.15. The lowest BCUT2D eigenvalue weighted by Crippen LogP contribution is -2.51. The monoisotopic (exact) mass is 385 g/mol. The number of hydrogen-bond acceptors (Lipinski definition) is 3. The van der Waals surface area contributed by atoms with Gasteiger partial charge in [-0.3, -0.25) is 9.69 Å². The molecular weight excluding hydrogens is 357 g/mol. The Morgan fingerprint density at radius 2 is 1.72 bits per heavy atom. The highest BCUT2D eigenvalue weighted by molar-refractivity contribution is 5.97. The van der Waals surface area contributed by atoms with Crippen LogP contribution in [0, 0.1) is 0 Å². The summed E-state index contributed by atoms with van der Waals surface area (Å²) in [6.07, 6.45) is 7.61. The van der Waals surface area contributed by atoms with Gasteiger partial charge in [-0.25, -0.2) is 0 Å². The maximum absolute atomic E-state index is 13.0. The Morgan fingerprint density at radius 3 is 2.44 bits per heavy atom. The van der Waals surface area contributed by atoms with Crippen LogP contribution in [0.15, 0.2) is 18.2 Å². The lowest BCUT2D eigenvalue weighted by atomic mass is 9.96. The lowest BCUT2D eigenvalue weighted by Gasteiger charge is -2.38. The number of amides is 1. The Hall–Kier alpha value is -0.970. The number of nitrogens with zero attached hydrogens (tertiary/aromatic N) is 2. The zero-order valence-corrected chi connectivity index (χ0v) is 16.3. The summed E-state index contributed by atoms with van der Waals surface area (Å²) in [5, 5.41) is 3.43. The van der Waals surface area contributed by atoms with Gasteiger partial charge in [-0.1, -0.05) is 18.9 Å². The molecule has 0 atom stereocenters. The summed E-state index contributed by atoms with van der Waals surface area (Å²) >= 11 is 0. The van der Waals surface area contributed by atoms with Gasteiger partial charge in [0.25, 0.3) is 5.91 Å². The van der Waals surface area contributed by atoms with Gasteiger partial charge in [0.05, 0.1) is 0 Å². The molecule has 1 amide bonds. The number of fused-ring (bicyclic) bond motifs is 1. The van der Waals surface area contributed by atoms with Gasteiger partial charge >= 0.3 is 0 Å². The van der Waals surface area contributed by atoms with Gasteiger partial charge in [0, 0.05) is 50.0 Å². The first-order chi connectivity index (χ1) is 11.3. The number of rotatable bonds is 2. The molecule has 25 heavy (non-hydrogen) atoms. The van der Waals surface area contributed by atoms with Gasteiger partial charge in [0.1, 0.15) is 0 Å². The van der Waals surface area contributed by atoms with Crippen LogP contribution in [0.25, 0.3) is 0 Å². The predicted octanol–water partition coefficient (Wildman–Crippen LogP) is 3.59. The SMILES string of the molecule is Cl.Cl.O=C(c1cccc2c1CCCN2)N1CCN(C2CCCC2)CC1. The number of carbonyl (C=O) groups excluding carboxylic acids is 1. The summed E-state index contributed by atoms with van der Waals surface area (Å²) in [7, 11) is 0. The second-order valence-electron chi connectivity index (χ2n) is 7.13. The van der Waals surface area contributed by atoms with Crippen LogP contribution in [0.1, 0.15) is 48.0 Å². The molecular formula is C19H29Cl2N3O. The van der Waals surface area contributed by atoms with Crippen molar-refractivity contribution in [3.63, 3.8) is 0 Å². The van der Waals surface area contributed by atoms with Gasteiger partial charge in [0.15, 0.2) is 0 Å². The molecule has 0 radical (unpaired) electrons. The van der Waals surface area contributed by atoms with Crippen molar-refractivity contribution in [3.05, 3.63) is 29.3 Å². The molecule has 1 saturated heterocycles. The maximum Gasteiger partial charge on any atom is 0.254 e. The van der Waals surface area contributed by atoms with E-state index in [2.05, 4.69) is 21.2 Å². The van der Waals surface area contributed by atoms with E-state index in [1.165, 1.54) is 31.2 Å². The van der Waals surface area contributed by atoms with E-state index >= 15 is 0 Å². The number of halogens is 2. The molecule has 1 saturated carbocycles. The summed E-state index contributed by atoms with van der Waals surface area (Å²) in [5.41, 5.74) is 3.30. The highest BCUT2D eigenvalue weighted by Gasteiger charge is 2.29. The van der Waals surface area contributed by atoms with E-state index in [0.29, 0.717) is 0 Å². The highest BCUT2D eigenvalue weighted by atomic mass is 35.5. The van der Waals surface area contributed by atoms with Crippen LogP contribution < -0.4 is 5.32 Å². The third-order valence-electron chi connectivity index (χ3n) is 5.77. The lowest BCUT2D eigenvalue weighted by molar-refractivity contribution is 0.0572. The number of anilines is 1. The Morgan fingerprint density at radius 1 is 1.00 bits per heavy atom. The van der Waals surface area contributed by atoms with Crippen LogP contribution in [0.4, 0.5) is 5.69 Å². The molecule has 2 aliphatic heterocycles. The molecule has 0 unspecified atom stereocenters. The van der Waals surface area contributed by atoms with E-state index in [-0.39, 0.29) is 30.7 Å². The number of hydrogen-bond donors (Lipinski definition) is 1. The summed E-state index contributed by atoms with van der Waals surface area (Å²) in [6.45, 7) is 4.87. The summed E-state index contributed by atoms with van der Waals surface area (Å²) < 4.78 is 0. The first-order valence-electron chi connectivity index (χ1n) is 9.22. The van der Waals surface area contributed by atoms with E-state index in [1.54, 1.807) is 0 Å². The Labute approximate surface area is 163 Å². The maximum atomic E-state index is 13.0. The number of benzene rings is 1. The molecule has 4 nitrogen and oxygen atoms in total. The molecule has 0 bridgehead atoms. The van der Waals surface area contributed by atoms with E-state index in [4.69, 9.17) is 0 Å². The first kappa shape index (κ1) is 20.3. The molecule has 140 valence electrons. The summed E-state index contributed by atoms with van der Waals surface area (Å²) in [4.78, 5) is 17.7. The molecule has 1 aliphatic carbocycles. The van der Waals surface area contributed by atoms with E-state index in [0.717, 1.165) is 62.9 Å². The fourth-order valence-electron chi connectivity index (χ4n) is 4.44. The fourth-order valence-corrected chi connectivity index (χ4v) is 4.44. The number of carbonyl (C=O) groups is 1. The Balaban J connectivity index is 0.00000113. The minimum Gasteiger partial charge on any atom is -0.385 e. The van der Waals surface area contributed by atoms with Crippen LogP contribution in [0.3, 0.4) is 0 Å². The minimum absolute atomic E-state index is 0. The molecule has 1 N–H and O–H groups in total. The molecule has 3 aliphatic rings. The van der Waals surface area contributed by atoms with Crippen molar-refractivity contribution < 1.29 is 4.79 Å². The van der Waals surface area contributed by atoms with Crippen molar-refractivity contribution in [1.29, 1.82) is 0 Å². The number of piperazine rings is 1.